The van der Waals surface area contributed by atoms with Gasteiger partial charge in [-0.15, -0.1) is 0 Å². The van der Waals surface area contributed by atoms with Crippen LogP contribution in [-0.2, 0) is 4.79 Å². The van der Waals surface area contributed by atoms with Crippen molar-refractivity contribution in [3.63, 3.8) is 0 Å². The molecule has 1 aliphatic carbocycles. The number of nitrogens with one attached hydrogen (secondary N) is 2. The van der Waals surface area contributed by atoms with Crippen molar-refractivity contribution >= 4 is 11.6 Å². The van der Waals surface area contributed by atoms with Crippen molar-refractivity contribution in [2.75, 3.05) is 44.7 Å². The van der Waals surface area contributed by atoms with E-state index in [-0.39, 0.29) is 11.9 Å². The lowest BCUT2D eigenvalue weighted by Crippen LogP contribution is -3.19. The second-order valence-electron chi connectivity index (χ2n) is 7.81. The Morgan fingerprint density at radius 2 is 1.85 bits per heavy atom. The van der Waals surface area contributed by atoms with Crippen LogP contribution in [0.1, 0.15) is 39.0 Å². The van der Waals surface area contributed by atoms with Gasteiger partial charge in [0.15, 0.2) is 6.04 Å². The minimum Gasteiger partial charge on any atom is -0.497 e. The maximum atomic E-state index is 12.5. The van der Waals surface area contributed by atoms with Crippen LogP contribution in [-0.4, -0.2) is 51.8 Å². The Morgan fingerprint density at radius 3 is 2.46 bits per heavy atom. The lowest BCUT2D eigenvalue weighted by Gasteiger charge is -2.36. The molecule has 1 aliphatic heterocycles. The van der Waals surface area contributed by atoms with Gasteiger partial charge in [-0.05, 0) is 49.9 Å². The van der Waals surface area contributed by atoms with E-state index in [1.807, 2.05) is 12.1 Å². The maximum absolute atomic E-state index is 12.5. The number of amides is 1. The maximum Gasteiger partial charge on any atom is 0.278 e. The van der Waals surface area contributed by atoms with Crippen LogP contribution in [0.15, 0.2) is 24.3 Å². The number of carbonyl (C=O) groups excluding carboxylic acids is 1. The molecule has 1 amide bonds. The molecule has 0 spiro atoms. The molecule has 5 nitrogen and oxygen atoms in total. The molecule has 1 aromatic carbocycles. The molecule has 2 aliphatic rings. The molecule has 1 atom stereocenters. The predicted octanol–water partition coefficient (Wildman–Crippen LogP) is 1.49. The average Bonchev–Trinajstić information content (AvgIpc) is 2.72. The molecule has 144 valence electrons. The van der Waals surface area contributed by atoms with E-state index in [0.717, 1.165) is 38.5 Å². The van der Waals surface area contributed by atoms with Gasteiger partial charge in [0.25, 0.3) is 5.91 Å². The Labute approximate surface area is 157 Å². The van der Waals surface area contributed by atoms with E-state index in [1.165, 1.54) is 42.7 Å². The molecule has 0 unspecified atom stereocenters. The van der Waals surface area contributed by atoms with Gasteiger partial charge in [0.1, 0.15) is 5.75 Å². The average molecular weight is 361 g/mol. The van der Waals surface area contributed by atoms with Gasteiger partial charge in [-0.3, -0.25) is 4.79 Å². The van der Waals surface area contributed by atoms with Crippen LogP contribution < -0.4 is 19.9 Å². The number of quaternary nitrogens is 1. The second-order valence-corrected chi connectivity index (χ2v) is 7.81. The fourth-order valence-electron chi connectivity index (χ4n) is 4.25. The molecule has 1 aromatic rings. The molecule has 1 saturated carbocycles. The van der Waals surface area contributed by atoms with Gasteiger partial charge in [-0.1, -0.05) is 19.3 Å². The van der Waals surface area contributed by atoms with Gasteiger partial charge in [0.05, 0.1) is 33.3 Å². The van der Waals surface area contributed by atoms with Gasteiger partial charge in [-0.2, -0.15) is 0 Å². The topological polar surface area (TPSA) is 46.0 Å². The highest BCUT2D eigenvalue weighted by Gasteiger charge is 2.29. The Hall–Kier alpha value is -1.75. The van der Waals surface area contributed by atoms with E-state index >= 15 is 0 Å². The Balaban J connectivity index is 1.43. The van der Waals surface area contributed by atoms with Crippen LogP contribution in [0.5, 0.6) is 5.75 Å². The second kappa shape index (κ2) is 9.26. The number of ether oxygens (including phenoxy) is 1. The summed E-state index contributed by atoms with van der Waals surface area (Å²) in [6.07, 6.45) is 6.58. The predicted molar refractivity (Wildman–Crippen MR) is 105 cm³/mol. The van der Waals surface area contributed by atoms with Crippen LogP contribution in [0.3, 0.4) is 0 Å². The van der Waals surface area contributed by atoms with Gasteiger partial charge in [-0.25, -0.2) is 0 Å². The zero-order valence-electron chi connectivity index (χ0n) is 16.3. The molecule has 3 rings (SSSR count). The Bertz CT molecular complexity index is 561. The van der Waals surface area contributed by atoms with E-state index in [4.69, 9.17) is 4.74 Å². The number of benzene rings is 1. The van der Waals surface area contributed by atoms with Crippen LogP contribution in [0.2, 0.25) is 0 Å². The Kier molecular flexibility index (Phi) is 6.78. The molecule has 0 aromatic heterocycles. The van der Waals surface area contributed by atoms with Crippen molar-refractivity contribution in [2.24, 2.45) is 5.92 Å². The number of rotatable bonds is 6. The summed E-state index contributed by atoms with van der Waals surface area (Å²) in [5.41, 5.74) is 1.24. The molecule has 0 bridgehead atoms. The monoisotopic (exact) mass is 360 g/mol. The summed E-state index contributed by atoms with van der Waals surface area (Å²) >= 11 is 0. The first-order valence-corrected chi connectivity index (χ1v) is 10.2. The highest BCUT2D eigenvalue weighted by atomic mass is 16.5. The highest BCUT2D eigenvalue weighted by molar-refractivity contribution is 5.79. The summed E-state index contributed by atoms with van der Waals surface area (Å²) < 4.78 is 5.23. The fraction of sp³-hybridized carbons (Fsp3) is 0.667. The van der Waals surface area contributed by atoms with Gasteiger partial charge in [0, 0.05) is 12.2 Å². The van der Waals surface area contributed by atoms with Crippen LogP contribution in [0.25, 0.3) is 0 Å². The number of methoxy groups -OCH3 is 1. The van der Waals surface area contributed by atoms with Crippen LogP contribution in [0, 0.1) is 5.92 Å². The SMILES string of the molecule is COc1ccc(N2CC[NH+]([C@@H](C)C(=O)NCC3CCCCC3)CC2)cc1. The zero-order valence-corrected chi connectivity index (χ0v) is 16.3. The summed E-state index contributed by atoms with van der Waals surface area (Å²) in [6, 6.07) is 8.29. The highest BCUT2D eigenvalue weighted by Crippen LogP contribution is 2.22. The Morgan fingerprint density at radius 1 is 1.19 bits per heavy atom. The number of piperazine rings is 1. The normalized spacial score (nSPS) is 20.6. The van der Waals surface area contributed by atoms with E-state index in [9.17, 15) is 4.79 Å². The van der Waals surface area contributed by atoms with Crippen molar-refractivity contribution in [3.05, 3.63) is 24.3 Å². The largest absolute Gasteiger partial charge is 0.497 e. The molecule has 1 heterocycles. The minimum absolute atomic E-state index is 0.0385. The molecule has 1 saturated heterocycles. The number of hydrogen-bond donors (Lipinski definition) is 2. The van der Waals surface area contributed by atoms with E-state index in [1.54, 1.807) is 7.11 Å². The summed E-state index contributed by atoms with van der Waals surface area (Å²) in [6.45, 7) is 6.93. The summed E-state index contributed by atoms with van der Waals surface area (Å²) in [5.74, 6) is 1.81. The standard InChI is InChI=1S/C21H33N3O2/c1-17(21(25)22-16-18-6-4-3-5-7-18)23-12-14-24(15-13-23)19-8-10-20(26-2)11-9-19/h8-11,17-18H,3-7,12-16H2,1-2H3,(H,22,25)/p+1/t17-/m0/s1. The zero-order chi connectivity index (χ0) is 18.4. The molecule has 2 fully saturated rings. The van der Waals surface area contributed by atoms with Crippen molar-refractivity contribution in [1.82, 2.24) is 5.32 Å². The molecule has 5 heteroatoms. The summed E-state index contributed by atoms with van der Waals surface area (Å²) in [7, 11) is 1.69. The molecule has 2 N–H and O–H groups in total. The van der Waals surface area contributed by atoms with Crippen LogP contribution in [0.4, 0.5) is 5.69 Å². The first kappa shape index (κ1) is 19.0. The van der Waals surface area contributed by atoms with Gasteiger partial charge >= 0.3 is 0 Å². The minimum atomic E-state index is 0.0385. The fourth-order valence-corrected chi connectivity index (χ4v) is 4.25. The molecular weight excluding hydrogens is 326 g/mol. The van der Waals surface area contributed by atoms with E-state index < -0.39 is 0 Å². The number of carbonyl (C=O) groups is 1. The van der Waals surface area contributed by atoms with Crippen LogP contribution >= 0.6 is 0 Å². The first-order valence-electron chi connectivity index (χ1n) is 10.2. The number of hydrogen-bond acceptors (Lipinski definition) is 3. The third-order valence-corrected chi connectivity index (χ3v) is 6.14. The first-order chi connectivity index (χ1) is 12.7. The van der Waals surface area contributed by atoms with Crippen molar-refractivity contribution in [3.8, 4) is 5.75 Å². The van der Waals surface area contributed by atoms with Crippen molar-refractivity contribution in [2.45, 2.75) is 45.1 Å². The third kappa shape index (κ3) is 4.91. The quantitative estimate of drug-likeness (QED) is 0.808. The molecule has 26 heavy (non-hydrogen) atoms. The molecule has 0 radical (unpaired) electrons. The van der Waals surface area contributed by atoms with Gasteiger partial charge in [0.2, 0.25) is 0 Å². The summed E-state index contributed by atoms with van der Waals surface area (Å²) in [5, 5.41) is 3.22. The summed E-state index contributed by atoms with van der Waals surface area (Å²) in [4.78, 5) is 16.3. The van der Waals surface area contributed by atoms with Gasteiger partial charge < -0.3 is 19.9 Å². The lowest BCUT2D eigenvalue weighted by atomic mass is 9.89. The van der Waals surface area contributed by atoms with Crippen molar-refractivity contribution in [1.29, 1.82) is 0 Å². The number of nitrogens with zero attached hydrogens (tertiary/aromatic N) is 1. The van der Waals surface area contributed by atoms with Crippen molar-refractivity contribution < 1.29 is 14.4 Å². The lowest BCUT2D eigenvalue weighted by molar-refractivity contribution is -0.914. The van der Waals surface area contributed by atoms with E-state index in [2.05, 4.69) is 29.3 Å². The number of anilines is 1. The van der Waals surface area contributed by atoms with E-state index in [0.29, 0.717) is 5.92 Å². The third-order valence-electron chi connectivity index (χ3n) is 6.14. The smallest absolute Gasteiger partial charge is 0.278 e. The molecular formula is C21H34N3O2+.